The average molecular weight is 244 g/mol. The van der Waals surface area contributed by atoms with Gasteiger partial charge in [0.1, 0.15) is 11.9 Å². The summed E-state index contributed by atoms with van der Waals surface area (Å²) >= 11 is 0. The third-order valence-corrected chi connectivity index (χ3v) is 3.27. The van der Waals surface area contributed by atoms with Gasteiger partial charge in [-0.25, -0.2) is 4.98 Å². The number of aliphatic hydroxyl groups is 1. The smallest absolute Gasteiger partial charge is 0.121 e. The van der Waals surface area contributed by atoms with Gasteiger partial charge in [0.05, 0.1) is 11.9 Å². The molecule has 0 fully saturated rings. The van der Waals surface area contributed by atoms with Gasteiger partial charge in [0.2, 0.25) is 0 Å². The van der Waals surface area contributed by atoms with Gasteiger partial charge >= 0.3 is 0 Å². The van der Waals surface area contributed by atoms with E-state index in [-0.39, 0.29) is 0 Å². The predicted molar refractivity (Wildman–Crippen MR) is 72.4 cm³/mol. The Morgan fingerprint density at radius 1 is 1.28 bits per heavy atom. The molecular formula is C15H20N2O. The molecule has 1 atom stereocenters. The summed E-state index contributed by atoms with van der Waals surface area (Å²) in [5, 5.41) is 10.4. The molecule has 3 nitrogen and oxygen atoms in total. The van der Waals surface area contributed by atoms with Gasteiger partial charge < -0.3 is 9.67 Å². The summed E-state index contributed by atoms with van der Waals surface area (Å²) in [6, 6.07) is 7.96. The molecular weight excluding hydrogens is 224 g/mol. The fourth-order valence-electron chi connectivity index (χ4n) is 2.09. The lowest BCUT2D eigenvalue weighted by atomic mass is 10.1. The summed E-state index contributed by atoms with van der Waals surface area (Å²) in [6.45, 7) is 4.17. The predicted octanol–water partition coefficient (Wildman–Crippen LogP) is 2.76. The highest BCUT2D eigenvalue weighted by Crippen LogP contribution is 2.22. The second-order valence-electron chi connectivity index (χ2n) is 4.72. The third kappa shape index (κ3) is 2.46. The minimum Gasteiger partial charge on any atom is -0.382 e. The van der Waals surface area contributed by atoms with Crippen LogP contribution in [0.2, 0.25) is 0 Å². The van der Waals surface area contributed by atoms with E-state index < -0.39 is 6.10 Å². The molecule has 0 bridgehead atoms. The number of hydrogen-bond acceptors (Lipinski definition) is 2. The minimum absolute atomic E-state index is 0.603. The highest BCUT2D eigenvalue weighted by molar-refractivity contribution is 5.28. The lowest BCUT2D eigenvalue weighted by Gasteiger charge is -2.13. The fourth-order valence-corrected chi connectivity index (χ4v) is 2.09. The van der Waals surface area contributed by atoms with Crippen LogP contribution in [0.15, 0.2) is 30.5 Å². The maximum absolute atomic E-state index is 10.4. The molecule has 0 saturated carbocycles. The standard InChI is InChI=1S/C15H20N2O/c1-4-5-14-16-10-13(17(14)3)15(18)12-8-6-11(2)7-9-12/h6-10,15,18H,4-5H2,1-3H3. The van der Waals surface area contributed by atoms with E-state index in [0.29, 0.717) is 0 Å². The van der Waals surface area contributed by atoms with Crippen molar-refractivity contribution < 1.29 is 5.11 Å². The molecule has 0 aliphatic carbocycles. The lowest BCUT2D eigenvalue weighted by Crippen LogP contribution is -2.07. The second-order valence-corrected chi connectivity index (χ2v) is 4.72. The van der Waals surface area contributed by atoms with Crippen LogP contribution in [0.5, 0.6) is 0 Å². The molecule has 0 aliphatic heterocycles. The lowest BCUT2D eigenvalue weighted by molar-refractivity contribution is 0.211. The number of aryl methyl sites for hydroxylation is 2. The molecule has 2 aromatic rings. The van der Waals surface area contributed by atoms with Crippen molar-refractivity contribution in [2.45, 2.75) is 32.8 Å². The molecule has 0 aliphatic rings. The first-order valence-corrected chi connectivity index (χ1v) is 6.38. The van der Waals surface area contributed by atoms with Crippen LogP contribution in [0.3, 0.4) is 0 Å². The fraction of sp³-hybridized carbons (Fsp3) is 0.400. The number of aromatic nitrogens is 2. The van der Waals surface area contributed by atoms with Crippen molar-refractivity contribution in [3.63, 3.8) is 0 Å². The van der Waals surface area contributed by atoms with Crippen LogP contribution in [-0.4, -0.2) is 14.7 Å². The van der Waals surface area contributed by atoms with E-state index in [9.17, 15) is 5.11 Å². The zero-order valence-electron chi connectivity index (χ0n) is 11.2. The molecule has 3 heteroatoms. The molecule has 0 saturated heterocycles. The zero-order valence-corrected chi connectivity index (χ0v) is 11.2. The van der Waals surface area contributed by atoms with Crippen molar-refractivity contribution in [3.8, 4) is 0 Å². The zero-order chi connectivity index (χ0) is 13.1. The molecule has 96 valence electrons. The number of aliphatic hydroxyl groups excluding tert-OH is 1. The Morgan fingerprint density at radius 3 is 2.56 bits per heavy atom. The molecule has 1 heterocycles. The highest BCUT2D eigenvalue weighted by atomic mass is 16.3. The molecule has 0 spiro atoms. The van der Waals surface area contributed by atoms with E-state index in [0.717, 1.165) is 29.9 Å². The number of nitrogens with zero attached hydrogens (tertiary/aromatic N) is 2. The first kappa shape index (κ1) is 12.8. The Bertz CT molecular complexity index is 514. The summed E-state index contributed by atoms with van der Waals surface area (Å²) in [6.07, 6.45) is 3.17. The van der Waals surface area contributed by atoms with E-state index >= 15 is 0 Å². The number of imidazole rings is 1. The van der Waals surface area contributed by atoms with Crippen LogP contribution in [-0.2, 0) is 13.5 Å². The Hall–Kier alpha value is -1.61. The molecule has 18 heavy (non-hydrogen) atoms. The van der Waals surface area contributed by atoms with Gasteiger partial charge in [-0.15, -0.1) is 0 Å². The summed E-state index contributed by atoms with van der Waals surface area (Å²) in [5.74, 6) is 1.03. The topological polar surface area (TPSA) is 38.1 Å². The van der Waals surface area contributed by atoms with E-state index in [1.165, 1.54) is 5.56 Å². The summed E-state index contributed by atoms with van der Waals surface area (Å²) < 4.78 is 1.99. The first-order valence-electron chi connectivity index (χ1n) is 6.38. The van der Waals surface area contributed by atoms with Crippen LogP contribution >= 0.6 is 0 Å². The number of rotatable bonds is 4. The van der Waals surface area contributed by atoms with Gasteiger partial charge in [-0.3, -0.25) is 0 Å². The SMILES string of the molecule is CCCc1ncc(C(O)c2ccc(C)cc2)n1C. The quantitative estimate of drug-likeness (QED) is 0.898. The summed E-state index contributed by atoms with van der Waals surface area (Å²) in [7, 11) is 1.96. The van der Waals surface area contributed by atoms with E-state index in [4.69, 9.17) is 0 Å². The largest absolute Gasteiger partial charge is 0.382 e. The molecule has 0 amide bonds. The van der Waals surface area contributed by atoms with Crippen molar-refractivity contribution in [3.05, 3.63) is 53.1 Å². The molecule has 1 aromatic heterocycles. The maximum atomic E-state index is 10.4. The van der Waals surface area contributed by atoms with Crippen LogP contribution in [0.25, 0.3) is 0 Å². The van der Waals surface area contributed by atoms with Gasteiger partial charge in [0.15, 0.2) is 0 Å². The minimum atomic E-state index is -0.603. The molecule has 1 N–H and O–H groups in total. The van der Waals surface area contributed by atoms with Gasteiger partial charge in [-0.2, -0.15) is 0 Å². The van der Waals surface area contributed by atoms with Crippen molar-refractivity contribution in [1.82, 2.24) is 9.55 Å². The van der Waals surface area contributed by atoms with E-state index in [1.807, 2.05) is 42.8 Å². The normalized spacial score (nSPS) is 12.7. The van der Waals surface area contributed by atoms with Gasteiger partial charge in [-0.1, -0.05) is 36.8 Å². The molecule has 0 radical (unpaired) electrons. The van der Waals surface area contributed by atoms with Crippen molar-refractivity contribution >= 4 is 0 Å². The Balaban J connectivity index is 2.28. The van der Waals surface area contributed by atoms with Crippen molar-refractivity contribution in [2.75, 3.05) is 0 Å². The van der Waals surface area contributed by atoms with Crippen LogP contribution in [0, 0.1) is 6.92 Å². The molecule has 1 unspecified atom stereocenters. The molecule has 1 aromatic carbocycles. The number of hydrogen-bond donors (Lipinski definition) is 1. The Morgan fingerprint density at radius 2 is 1.94 bits per heavy atom. The van der Waals surface area contributed by atoms with Crippen LogP contribution in [0.1, 0.15) is 42.1 Å². The van der Waals surface area contributed by atoms with Crippen LogP contribution in [0.4, 0.5) is 0 Å². The third-order valence-electron chi connectivity index (χ3n) is 3.27. The Labute approximate surface area is 108 Å². The van der Waals surface area contributed by atoms with E-state index in [2.05, 4.69) is 11.9 Å². The van der Waals surface area contributed by atoms with E-state index in [1.54, 1.807) is 6.20 Å². The average Bonchev–Trinajstić information content (AvgIpc) is 2.72. The van der Waals surface area contributed by atoms with Gasteiger partial charge in [0.25, 0.3) is 0 Å². The highest BCUT2D eigenvalue weighted by Gasteiger charge is 2.16. The number of benzene rings is 1. The Kier molecular flexibility index (Phi) is 3.82. The monoisotopic (exact) mass is 244 g/mol. The van der Waals surface area contributed by atoms with Crippen LogP contribution < -0.4 is 0 Å². The van der Waals surface area contributed by atoms with Crippen molar-refractivity contribution in [2.24, 2.45) is 7.05 Å². The second kappa shape index (κ2) is 5.36. The first-order chi connectivity index (χ1) is 8.63. The molecule has 2 rings (SSSR count). The summed E-state index contributed by atoms with van der Waals surface area (Å²) in [5.41, 5.74) is 2.96. The van der Waals surface area contributed by atoms with Crippen molar-refractivity contribution in [1.29, 1.82) is 0 Å². The van der Waals surface area contributed by atoms with Gasteiger partial charge in [-0.05, 0) is 18.9 Å². The maximum Gasteiger partial charge on any atom is 0.121 e. The van der Waals surface area contributed by atoms with Gasteiger partial charge in [0, 0.05) is 13.5 Å². The summed E-state index contributed by atoms with van der Waals surface area (Å²) in [4.78, 5) is 4.37.